The minimum Gasteiger partial charge on any atom is -0.358 e. The summed E-state index contributed by atoms with van der Waals surface area (Å²) in [4.78, 5) is 18.1. The number of imidazole rings is 1. The number of nitrogens with zero attached hydrogens (tertiary/aromatic N) is 5. The van der Waals surface area contributed by atoms with Crippen LogP contribution in [0.3, 0.4) is 0 Å². The Labute approximate surface area is 172 Å². The molecule has 1 aliphatic rings. The highest BCUT2D eigenvalue weighted by Crippen LogP contribution is 2.32. The van der Waals surface area contributed by atoms with Crippen LogP contribution in [-0.2, 0) is 10.0 Å². The third-order valence-corrected chi connectivity index (χ3v) is 7.78. The van der Waals surface area contributed by atoms with Crippen LogP contribution in [0.25, 0.3) is 4.96 Å². The second-order valence-electron chi connectivity index (χ2n) is 7.19. The number of rotatable bonds is 5. The largest absolute Gasteiger partial charge is 0.373 e. The topological polar surface area (TPSA) is 101 Å². The average Bonchev–Trinajstić information content (AvgIpc) is 3.29. The summed E-state index contributed by atoms with van der Waals surface area (Å²) in [7, 11) is -3.60. The molecule has 11 heteroatoms. The highest BCUT2D eigenvalue weighted by molar-refractivity contribution is 7.89. The van der Waals surface area contributed by atoms with E-state index in [9.17, 15) is 18.5 Å². The molecule has 9 nitrogen and oxygen atoms in total. The maximum absolute atomic E-state index is 13.0. The van der Waals surface area contributed by atoms with E-state index in [1.165, 1.54) is 20.0 Å². The van der Waals surface area contributed by atoms with Gasteiger partial charge in [-0.05, 0) is 28.5 Å². The minimum absolute atomic E-state index is 0.0816. The van der Waals surface area contributed by atoms with Crippen molar-refractivity contribution < 1.29 is 13.3 Å². The number of sulfonamides is 1. The van der Waals surface area contributed by atoms with Crippen molar-refractivity contribution in [3.05, 3.63) is 51.5 Å². The quantitative estimate of drug-likeness (QED) is 0.451. The number of hydrogen-bond donors (Lipinski definition) is 0. The third-order valence-electron chi connectivity index (χ3n) is 5.11. The Morgan fingerprint density at radius 2 is 1.79 bits per heavy atom. The molecule has 1 aliphatic heterocycles. The summed E-state index contributed by atoms with van der Waals surface area (Å²) in [6, 6.07) is 6.97. The zero-order valence-corrected chi connectivity index (χ0v) is 17.7. The van der Waals surface area contributed by atoms with E-state index in [1.54, 1.807) is 28.6 Å². The monoisotopic (exact) mass is 435 g/mol. The second kappa shape index (κ2) is 7.39. The summed E-state index contributed by atoms with van der Waals surface area (Å²) in [5.74, 6) is 0.539. The first kappa shape index (κ1) is 19.8. The Balaban J connectivity index is 1.53. The van der Waals surface area contributed by atoms with Crippen molar-refractivity contribution in [2.45, 2.75) is 24.7 Å². The van der Waals surface area contributed by atoms with E-state index in [0.29, 0.717) is 29.8 Å². The van der Waals surface area contributed by atoms with Crippen molar-refractivity contribution in [1.29, 1.82) is 0 Å². The number of nitro groups is 1. The molecule has 4 rings (SSSR count). The Hall–Kier alpha value is -2.50. The van der Waals surface area contributed by atoms with Crippen molar-refractivity contribution in [2.24, 2.45) is 0 Å². The van der Waals surface area contributed by atoms with Gasteiger partial charge in [0.1, 0.15) is 6.20 Å². The van der Waals surface area contributed by atoms with Crippen LogP contribution < -0.4 is 4.90 Å². The van der Waals surface area contributed by atoms with Crippen molar-refractivity contribution in [2.75, 3.05) is 31.1 Å². The molecule has 154 valence electrons. The number of piperazine rings is 1. The van der Waals surface area contributed by atoms with Gasteiger partial charge in [-0.1, -0.05) is 37.3 Å². The van der Waals surface area contributed by atoms with Gasteiger partial charge in [0, 0.05) is 31.6 Å². The van der Waals surface area contributed by atoms with Crippen LogP contribution in [0, 0.1) is 10.1 Å². The Morgan fingerprint density at radius 3 is 2.38 bits per heavy atom. The summed E-state index contributed by atoms with van der Waals surface area (Å²) in [6.07, 6.45) is 1.62. The van der Waals surface area contributed by atoms with Gasteiger partial charge in [-0.3, -0.25) is 0 Å². The molecular formula is C18H21N5O4S2. The van der Waals surface area contributed by atoms with Gasteiger partial charge in [0.15, 0.2) is 0 Å². The van der Waals surface area contributed by atoms with Crippen molar-refractivity contribution in [3.63, 3.8) is 0 Å². The fourth-order valence-corrected chi connectivity index (χ4v) is 5.58. The van der Waals surface area contributed by atoms with Gasteiger partial charge in [-0.25, -0.2) is 8.42 Å². The number of benzene rings is 1. The second-order valence-corrected chi connectivity index (χ2v) is 10.00. The molecule has 1 saturated heterocycles. The fourth-order valence-electron chi connectivity index (χ4n) is 3.46. The molecule has 0 radical (unpaired) electrons. The molecule has 3 heterocycles. The maximum Gasteiger partial charge on any atom is 0.373 e. The predicted molar refractivity (Wildman–Crippen MR) is 111 cm³/mol. The minimum atomic E-state index is -3.60. The van der Waals surface area contributed by atoms with Crippen molar-refractivity contribution in [3.8, 4) is 0 Å². The molecule has 29 heavy (non-hydrogen) atoms. The van der Waals surface area contributed by atoms with E-state index in [-0.39, 0.29) is 23.8 Å². The summed E-state index contributed by atoms with van der Waals surface area (Å²) in [5, 5.41) is 13.3. The summed E-state index contributed by atoms with van der Waals surface area (Å²) in [6.45, 7) is 5.29. The highest BCUT2D eigenvalue weighted by atomic mass is 32.2. The summed E-state index contributed by atoms with van der Waals surface area (Å²) >= 11 is 1.32. The maximum atomic E-state index is 13.0. The molecule has 0 N–H and O–H groups in total. The van der Waals surface area contributed by atoms with Crippen LogP contribution in [0.1, 0.15) is 25.3 Å². The van der Waals surface area contributed by atoms with E-state index in [0.717, 1.165) is 5.56 Å². The normalized spacial score (nSPS) is 16.0. The van der Waals surface area contributed by atoms with E-state index in [1.807, 2.05) is 12.1 Å². The molecule has 0 aliphatic carbocycles. The third kappa shape index (κ3) is 3.49. The molecule has 1 fully saturated rings. The molecule has 0 saturated carbocycles. The SMILES string of the molecule is CC(C)c1ccc(S(=O)(=O)N2CCN(c3nc4sccn4c3[N+](=O)[O-])CC2)cc1. The Kier molecular flexibility index (Phi) is 5.05. The first-order valence-electron chi connectivity index (χ1n) is 9.24. The van der Waals surface area contributed by atoms with Gasteiger partial charge in [0.25, 0.3) is 4.96 Å². The summed E-state index contributed by atoms with van der Waals surface area (Å²) < 4.78 is 28.8. The number of anilines is 1. The Bertz CT molecular complexity index is 1140. The van der Waals surface area contributed by atoms with Crippen LogP contribution in [0.5, 0.6) is 0 Å². The van der Waals surface area contributed by atoms with Gasteiger partial charge in [-0.15, -0.1) is 0 Å². The van der Waals surface area contributed by atoms with E-state index in [2.05, 4.69) is 18.8 Å². The number of aromatic nitrogens is 2. The standard InChI is InChI=1S/C18H21N5O4S2/c1-13(2)14-3-5-15(6-4-14)29(26,27)21-9-7-20(8-10-21)16-17(23(24)25)22-11-12-28-18(22)19-16/h3-6,11-13H,7-10H2,1-2H3. The lowest BCUT2D eigenvalue weighted by Crippen LogP contribution is -2.48. The molecule has 1 aromatic carbocycles. The highest BCUT2D eigenvalue weighted by Gasteiger charge is 2.33. The van der Waals surface area contributed by atoms with Gasteiger partial charge in [-0.2, -0.15) is 13.7 Å². The lowest BCUT2D eigenvalue weighted by Gasteiger charge is -2.33. The lowest BCUT2D eigenvalue weighted by atomic mass is 10.0. The van der Waals surface area contributed by atoms with Crippen LogP contribution in [0.4, 0.5) is 11.6 Å². The van der Waals surface area contributed by atoms with Crippen molar-refractivity contribution >= 4 is 38.0 Å². The molecule has 0 amide bonds. The van der Waals surface area contributed by atoms with Crippen LogP contribution in [0.2, 0.25) is 0 Å². The summed E-state index contributed by atoms with van der Waals surface area (Å²) in [5.41, 5.74) is 1.08. The lowest BCUT2D eigenvalue weighted by molar-refractivity contribution is -0.389. The first-order valence-corrected chi connectivity index (χ1v) is 11.6. The molecule has 0 atom stereocenters. The number of thiazole rings is 1. The van der Waals surface area contributed by atoms with Crippen molar-refractivity contribution in [1.82, 2.24) is 13.7 Å². The number of hydrogen-bond acceptors (Lipinski definition) is 7. The molecule has 2 aromatic heterocycles. The average molecular weight is 436 g/mol. The van der Waals surface area contributed by atoms with Gasteiger partial charge >= 0.3 is 5.82 Å². The van der Waals surface area contributed by atoms with Gasteiger partial charge in [0.05, 0.1) is 4.90 Å². The zero-order chi connectivity index (χ0) is 20.8. The van der Waals surface area contributed by atoms with E-state index in [4.69, 9.17) is 0 Å². The van der Waals surface area contributed by atoms with Gasteiger partial charge in [0.2, 0.25) is 15.8 Å². The Morgan fingerprint density at radius 1 is 1.14 bits per heavy atom. The molecule has 0 bridgehead atoms. The van der Waals surface area contributed by atoms with Crippen LogP contribution in [0.15, 0.2) is 40.7 Å². The fraction of sp³-hybridized carbons (Fsp3) is 0.389. The molecule has 0 unspecified atom stereocenters. The molecule has 0 spiro atoms. The molecular weight excluding hydrogens is 414 g/mol. The van der Waals surface area contributed by atoms with Crippen LogP contribution in [-0.4, -0.2) is 53.2 Å². The smallest absolute Gasteiger partial charge is 0.358 e. The predicted octanol–water partition coefficient (Wildman–Crippen LogP) is 2.94. The van der Waals surface area contributed by atoms with E-state index < -0.39 is 14.9 Å². The molecule has 3 aromatic rings. The van der Waals surface area contributed by atoms with Crippen LogP contribution >= 0.6 is 11.3 Å². The number of fused-ring (bicyclic) bond motifs is 1. The van der Waals surface area contributed by atoms with Gasteiger partial charge < -0.3 is 15.0 Å². The zero-order valence-electron chi connectivity index (χ0n) is 16.1. The van der Waals surface area contributed by atoms with E-state index >= 15 is 0 Å². The first-order chi connectivity index (χ1) is 13.8.